The molecule has 3 rings (SSSR count). The highest BCUT2D eigenvalue weighted by atomic mass is 19.2. The summed E-state index contributed by atoms with van der Waals surface area (Å²) in [6.07, 6.45) is -2.06. The van der Waals surface area contributed by atoms with Crippen LogP contribution in [0.1, 0.15) is 27.7 Å². The second kappa shape index (κ2) is 9.72. The molecule has 1 aliphatic carbocycles. The van der Waals surface area contributed by atoms with Crippen molar-refractivity contribution >= 4 is 0 Å². The first-order valence-electron chi connectivity index (χ1n) is 10.5. The minimum absolute atomic E-state index is 0.253. The predicted molar refractivity (Wildman–Crippen MR) is 108 cm³/mol. The summed E-state index contributed by atoms with van der Waals surface area (Å²) in [6, 6.07) is 1.31. The van der Waals surface area contributed by atoms with Crippen LogP contribution in [0.3, 0.4) is 0 Å². The average Bonchev–Trinajstić information content (AvgIpc) is 2.71. The maximum absolute atomic E-state index is 15.4. The van der Waals surface area contributed by atoms with Gasteiger partial charge in [-0.3, -0.25) is 9.80 Å². The van der Waals surface area contributed by atoms with Gasteiger partial charge in [0.25, 0.3) is 5.70 Å². The number of hydrogen-bond donors (Lipinski definition) is 0. The second-order valence-electron chi connectivity index (χ2n) is 8.58. The molecule has 4 unspecified atom stereocenters. The Bertz CT molecular complexity index is 845. The molecule has 0 aromatic rings. The monoisotopic (exact) mass is 454 g/mol. The van der Waals surface area contributed by atoms with Gasteiger partial charge in [0.05, 0.1) is 54.7 Å². The Labute approximate surface area is 185 Å². The van der Waals surface area contributed by atoms with E-state index in [9.17, 15) is 8.78 Å². The average molecular weight is 454 g/mol. The topological polar surface area (TPSA) is 53.1 Å². The summed E-state index contributed by atoms with van der Waals surface area (Å²) in [7, 11) is 0. The summed E-state index contributed by atoms with van der Waals surface area (Å²) in [5.74, 6) is -8.37. The normalized spacial score (nSPS) is 33.7. The Morgan fingerprint density at radius 1 is 0.906 bits per heavy atom. The first-order valence-corrected chi connectivity index (χ1v) is 10.5. The van der Waals surface area contributed by atoms with Crippen LogP contribution in [0.2, 0.25) is 0 Å². The van der Waals surface area contributed by atoms with Gasteiger partial charge in [0.2, 0.25) is 0 Å². The first-order chi connectivity index (χ1) is 15.1. The van der Waals surface area contributed by atoms with Gasteiger partial charge >= 0.3 is 0 Å². The molecule has 4 atom stereocenters. The van der Waals surface area contributed by atoms with Crippen LogP contribution < -0.4 is 0 Å². The molecule has 174 valence electrons. The Hall–Kier alpha value is -2.24. The SMILES string of the molecule is [C-]#[N+]C(C#N)=C1C(F)=C(F)C(C(N2CC(C)OC(C)C2)N2CC(C)OC(C)C2)C(F)=C1F. The summed E-state index contributed by atoms with van der Waals surface area (Å²) < 4.78 is 72.2. The molecule has 3 aliphatic rings. The molecule has 10 heteroatoms. The number of ether oxygens (including phenoxy) is 2. The molecule has 0 N–H and O–H groups in total. The van der Waals surface area contributed by atoms with Crippen molar-refractivity contribution < 1.29 is 27.0 Å². The van der Waals surface area contributed by atoms with Crippen molar-refractivity contribution in [3.05, 3.63) is 46.0 Å². The summed E-state index contributed by atoms with van der Waals surface area (Å²) in [6.45, 7) is 15.4. The maximum atomic E-state index is 15.4. The fraction of sp³-hybridized carbons (Fsp3) is 0.636. The summed E-state index contributed by atoms with van der Waals surface area (Å²) >= 11 is 0. The molecule has 0 spiro atoms. The van der Waals surface area contributed by atoms with Crippen molar-refractivity contribution in [2.24, 2.45) is 5.92 Å². The Kier molecular flexibility index (Phi) is 7.41. The van der Waals surface area contributed by atoms with Crippen LogP contribution in [-0.4, -0.2) is 66.6 Å². The third-order valence-electron chi connectivity index (χ3n) is 5.80. The van der Waals surface area contributed by atoms with E-state index < -0.39 is 46.7 Å². The van der Waals surface area contributed by atoms with Crippen LogP contribution in [0, 0.1) is 23.8 Å². The van der Waals surface area contributed by atoms with E-state index in [4.69, 9.17) is 21.3 Å². The number of allylic oxidation sites excluding steroid dienone is 4. The number of nitrogens with zero attached hydrogens (tertiary/aromatic N) is 4. The van der Waals surface area contributed by atoms with E-state index in [2.05, 4.69) is 4.85 Å². The molecule has 0 radical (unpaired) electrons. The number of hydrogen-bond acceptors (Lipinski definition) is 5. The lowest BCUT2D eigenvalue weighted by molar-refractivity contribution is -0.148. The van der Waals surface area contributed by atoms with Crippen molar-refractivity contribution in [1.29, 1.82) is 5.26 Å². The molecule has 0 aromatic carbocycles. The quantitative estimate of drug-likeness (QED) is 0.364. The number of morpholine rings is 2. The predicted octanol–water partition coefficient (Wildman–Crippen LogP) is 4.16. The molecule has 2 aliphatic heterocycles. The van der Waals surface area contributed by atoms with Gasteiger partial charge in [-0.1, -0.05) is 0 Å². The van der Waals surface area contributed by atoms with E-state index in [0.717, 1.165) is 0 Å². The van der Waals surface area contributed by atoms with Crippen molar-refractivity contribution in [1.82, 2.24) is 9.80 Å². The van der Waals surface area contributed by atoms with E-state index >= 15 is 8.78 Å². The summed E-state index contributed by atoms with van der Waals surface area (Å²) in [5.41, 5.74) is -2.30. The van der Waals surface area contributed by atoms with Gasteiger partial charge in [0.1, 0.15) is 11.7 Å². The Morgan fingerprint density at radius 3 is 1.59 bits per heavy atom. The van der Waals surface area contributed by atoms with Crippen molar-refractivity contribution in [3.63, 3.8) is 0 Å². The molecule has 2 fully saturated rings. The number of halogens is 4. The highest BCUT2D eigenvalue weighted by Crippen LogP contribution is 2.46. The maximum Gasteiger partial charge on any atom is 0.274 e. The van der Waals surface area contributed by atoms with Crippen LogP contribution in [0.4, 0.5) is 17.6 Å². The largest absolute Gasteiger partial charge is 0.373 e. The van der Waals surface area contributed by atoms with Crippen LogP contribution >= 0.6 is 0 Å². The standard InChI is InChI=1S/C22H26F4N4O2/c1-11-7-29(8-12(2)31-11)22(30-9-13(3)32-14(4)10-30)17-20(25)18(23)16(15(6-27)28-5)19(24)21(17)26/h11-14,17,22H,7-10H2,1-4H3. The van der Waals surface area contributed by atoms with Gasteiger partial charge in [-0.05, 0) is 27.7 Å². The van der Waals surface area contributed by atoms with E-state index in [0.29, 0.717) is 26.2 Å². The van der Waals surface area contributed by atoms with E-state index in [-0.39, 0.29) is 24.4 Å². The van der Waals surface area contributed by atoms with Crippen LogP contribution in [0.5, 0.6) is 0 Å². The second-order valence-corrected chi connectivity index (χ2v) is 8.58. The van der Waals surface area contributed by atoms with Crippen LogP contribution in [0.25, 0.3) is 4.85 Å². The summed E-state index contributed by atoms with van der Waals surface area (Å²) in [4.78, 5) is 6.28. The molecular weight excluding hydrogens is 428 g/mol. The van der Waals surface area contributed by atoms with Crippen molar-refractivity contribution in [3.8, 4) is 6.07 Å². The molecule has 0 amide bonds. The van der Waals surface area contributed by atoms with Gasteiger partial charge in [-0.2, -0.15) is 0 Å². The summed E-state index contributed by atoms with van der Waals surface area (Å²) in [5, 5.41) is 9.00. The Morgan fingerprint density at radius 2 is 1.28 bits per heavy atom. The fourth-order valence-electron chi connectivity index (χ4n) is 4.85. The highest BCUT2D eigenvalue weighted by molar-refractivity contribution is 5.56. The third kappa shape index (κ3) is 4.60. The van der Waals surface area contributed by atoms with Gasteiger partial charge in [-0.15, -0.1) is 0 Å². The lowest BCUT2D eigenvalue weighted by Gasteiger charge is -2.50. The molecular formula is C22H26F4N4O2. The van der Waals surface area contributed by atoms with Gasteiger partial charge in [0, 0.05) is 26.2 Å². The Balaban J connectivity index is 2.13. The molecule has 0 bridgehead atoms. The number of nitriles is 1. The van der Waals surface area contributed by atoms with Gasteiger partial charge in [-0.25, -0.2) is 27.7 Å². The lowest BCUT2D eigenvalue weighted by Crippen LogP contribution is -2.63. The zero-order chi connectivity index (χ0) is 23.7. The molecule has 2 heterocycles. The number of rotatable bonds is 3. The molecule has 2 saturated heterocycles. The van der Waals surface area contributed by atoms with Crippen LogP contribution in [-0.2, 0) is 9.47 Å². The zero-order valence-electron chi connectivity index (χ0n) is 18.4. The van der Waals surface area contributed by atoms with Crippen LogP contribution in [0.15, 0.2) is 34.6 Å². The molecule has 0 saturated carbocycles. The zero-order valence-corrected chi connectivity index (χ0v) is 18.4. The van der Waals surface area contributed by atoms with Gasteiger partial charge in [0.15, 0.2) is 11.7 Å². The molecule has 32 heavy (non-hydrogen) atoms. The van der Waals surface area contributed by atoms with Crippen molar-refractivity contribution in [2.45, 2.75) is 58.3 Å². The minimum Gasteiger partial charge on any atom is -0.373 e. The fourth-order valence-corrected chi connectivity index (χ4v) is 4.85. The minimum atomic E-state index is -1.89. The molecule has 6 nitrogen and oxygen atoms in total. The van der Waals surface area contributed by atoms with E-state index in [1.54, 1.807) is 9.80 Å². The smallest absolute Gasteiger partial charge is 0.274 e. The van der Waals surface area contributed by atoms with E-state index in [1.165, 1.54) is 6.07 Å². The molecule has 0 aromatic heterocycles. The van der Waals surface area contributed by atoms with E-state index in [1.807, 2.05) is 27.7 Å². The third-order valence-corrected chi connectivity index (χ3v) is 5.80. The van der Waals surface area contributed by atoms with Gasteiger partial charge < -0.3 is 9.47 Å². The highest BCUT2D eigenvalue weighted by Gasteiger charge is 2.48. The first kappa shape index (κ1) is 24.4. The van der Waals surface area contributed by atoms with Crippen molar-refractivity contribution in [2.75, 3.05) is 26.2 Å². The lowest BCUT2D eigenvalue weighted by atomic mass is 9.89.